The van der Waals surface area contributed by atoms with Crippen LogP contribution in [0.25, 0.3) is 10.9 Å². The van der Waals surface area contributed by atoms with Gasteiger partial charge in [-0.25, -0.2) is 0 Å². The number of ketones is 1. The van der Waals surface area contributed by atoms with Crippen LogP contribution in [0.5, 0.6) is 0 Å². The van der Waals surface area contributed by atoms with Gasteiger partial charge in [-0.15, -0.1) is 0 Å². The highest BCUT2D eigenvalue weighted by Crippen LogP contribution is 2.37. The van der Waals surface area contributed by atoms with Crippen molar-refractivity contribution in [1.82, 2.24) is 25.2 Å². The SMILES string of the molecule is CC(=O)N1CCC2(CC1)CC(CC(NC(=O)[C@H](CC1CCCCC1)SNC(=O)c1cc3ccccc3[nH]1)C(=O)C(C#N)=S1CCCC1)C(=O)N2. The summed E-state index contributed by atoms with van der Waals surface area (Å²) in [5.41, 5.74) is 0.784. The smallest absolute Gasteiger partial charge is 0.277 e. The summed E-state index contributed by atoms with van der Waals surface area (Å²) in [5.74, 6) is 0.115. The van der Waals surface area contributed by atoms with Crippen molar-refractivity contribution in [3.05, 3.63) is 36.0 Å². The second kappa shape index (κ2) is 16.1. The van der Waals surface area contributed by atoms with Crippen LogP contribution in [0.2, 0.25) is 0 Å². The van der Waals surface area contributed by atoms with E-state index in [4.69, 9.17) is 0 Å². The number of H-pyrrole nitrogens is 1. The molecule has 4 amide bonds. The van der Waals surface area contributed by atoms with Gasteiger partial charge in [0.1, 0.15) is 21.9 Å². The summed E-state index contributed by atoms with van der Waals surface area (Å²) < 4.78 is 2.89. The molecule has 4 N–H and O–H groups in total. The summed E-state index contributed by atoms with van der Waals surface area (Å²) in [6.07, 6.45) is 9.69. The number of likely N-dealkylation sites (tertiary alicyclic amines) is 1. The lowest BCUT2D eigenvalue weighted by atomic mass is 9.81. The Morgan fingerprint density at radius 1 is 1.06 bits per heavy atom. The van der Waals surface area contributed by atoms with Crippen molar-refractivity contribution in [2.45, 2.75) is 101 Å². The van der Waals surface area contributed by atoms with Crippen molar-refractivity contribution in [1.29, 1.82) is 5.26 Å². The average molecular weight is 721 g/mol. The number of piperidine rings is 1. The standard InChI is InChI=1S/C37H48N6O5S2/c1-24(44)43-15-13-37(14-16-43)22-27(34(46)41-37)21-29(33(45)32(23-38)50-17-7-8-18-50)40-36(48)31(19-25-9-3-2-4-10-25)49-42-35(47)30-20-26-11-5-6-12-28(26)39-30/h5-6,11-12,20,25,27,29,31,39H,2-4,7-10,13-19,21-22H2,1H3,(H,40,48)(H,41,46)(H,42,47)/t27?,29?,31-/m0/s1. The van der Waals surface area contributed by atoms with E-state index in [2.05, 4.69) is 26.4 Å². The quantitative estimate of drug-likeness (QED) is 0.195. The number of Topliss-reactive ketones (excluding diaryl/α,β-unsaturated/α-hetero) is 1. The lowest BCUT2D eigenvalue weighted by Gasteiger charge is -2.39. The number of benzene rings is 1. The van der Waals surface area contributed by atoms with E-state index >= 15 is 0 Å². The highest BCUT2D eigenvalue weighted by atomic mass is 32.2. The summed E-state index contributed by atoms with van der Waals surface area (Å²) in [6, 6.07) is 10.6. The van der Waals surface area contributed by atoms with E-state index in [9.17, 15) is 29.2 Å². The number of nitrogens with zero attached hydrogens (tertiary/aromatic N) is 2. The fraction of sp³-hybridized carbons (Fsp3) is 0.595. The zero-order valence-electron chi connectivity index (χ0n) is 28.8. The summed E-state index contributed by atoms with van der Waals surface area (Å²) in [7, 11) is -0.465. The van der Waals surface area contributed by atoms with Crippen LogP contribution in [0.4, 0.5) is 0 Å². The fourth-order valence-corrected chi connectivity index (χ4v) is 11.3. The molecule has 3 atom stereocenters. The predicted molar refractivity (Wildman–Crippen MR) is 198 cm³/mol. The van der Waals surface area contributed by atoms with Gasteiger partial charge < -0.3 is 20.5 Å². The second-order valence-corrected chi connectivity index (χ2v) is 17.7. The maximum atomic E-state index is 14.2. The minimum atomic E-state index is -1.03. The van der Waals surface area contributed by atoms with Crippen molar-refractivity contribution in [3.8, 4) is 6.07 Å². The zero-order valence-corrected chi connectivity index (χ0v) is 30.4. The van der Waals surface area contributed by atoms with Crippen molar-refractivity contribution < 1.29 is 24.0 Å². The van der Waals surface area contributed by atoms with Crippen LogP contribution in [-0.2, 0) is 19.2 Å². The first-order chi connectivity index (χ1) is 24.1. The molecule has 0 radical (unpaired) electrons. The lowest BCUT2D eigenvalue weighted by molar-refractivity contribution is -0.130. The van der Waals surface area contributed by atoms with E-state index < -0.39 is 39.0 Å². The molecule has 1 spiro atoms. The molecule has 1 aliphatic carbocycles. The largest absolute Gasteiger partial charge is 0.351 e. The van der Waals surface area contributed by atoms with Gasteiger partial charge in [-0.1, -0.05) is 50.3 Å². The summed E-state index contributed by atoms with van der Waals surface area (Å²) in [6.45, 7) is 2.66. The Morgan fingerprint density at radius 2 is 1.78 bits per heavy atom. The van der Waals surface area contributed by atoms with Gasteiger partial charge in [-0.3, -0.25) is 28.7 Å². The van der Waals surface area contributed by atoms with E-state index in [0.29, 0.717) is 50.4 Å². The third-order valence-electron chi connectivity index (χ3n) is 11.0. The molecule has 4 aliphatic rings. The first-order valence-electron chi connectivity index (χ1n) is 18.0. The maximum Gasteiger partial charge on any atom is 0.277 e. The van der Waals surface area contributed by atoms with E-state index in [-0.39, 0.29) is 34.9 Å². The van der Waals surface area contributed by atoms with Gasteiger partial charge in [0, 0.05) is 42.4 Å². The summed E-state index contributed by atoms with van der Waals surface area (Å²) in [5, 5.41) is 16.6. The van der Waals surface area contributed by atoms with Gasteiger partial charge in [0.25, 0.3) is 5.91 Å². The first-order valence-corrected chi connectivity index (χ1v) is 20.5. The van der Waals surface area contributed by atoms with Gasteiger partial charge in [0.2, 0.25) is 23.5 Å². The van der Waals surface area contributed by atoms with Gasteiger partial charge in [0.05, 0.1) is 6.04 Å². The van der Waals surface area contributed by atoms with Crippen molar-refractivity contribution in [3.63, 3.8) is 0 Å². The van der Waals surface area contributed by atoms with Crippen LogP contribution in [0, 0.1) is 23.2 Å². The van der Waals surface area contributed by atoms with E-state index in [1.54, 1.807) is 17.9 Å². The molecule has 4 heterocycles. The van der Waals surface area contributed by atoms with Crippen molar-refractivity contribution in [2.24, 2.45) is 11.8 Å². The summed E-state index contributed by atoms with van der Waals surface area (Å²) >= 11 is 1.07. The molecule has 0 bridgehead atoms. The summed E-state index contributed by atoms with van der Waals surface area (Å²) in [4.78, 5) is 72.2. The van der Waals surface area contributed by atoms with E-state index in [0.717, 1.165) is 72.9 Å². The van der Waals surface area contributed by atoms with E-state index in [1.807, 2.05) is 24.3 Å². The fourth-order valence-electron chi connectivity index (χ4n) is 8.12. The molecular formula is C37H48N6O5S2. The van der Waals surface area contributed by atoms with Gasteiger partial charge >= 0.3 is 0 Å². The zero-order chi connectivity index (χ0) is 35.3. The Hall–Kier alpha value is -3.63. The topological polar surface area (TPSA) is 164 Å². The normalized spacial score (nSPS) is 22.1. The van der Waals surface area contributed by atoms with Crippen LogP contribution in [0.15, 0.2) is 30.3 Å². The monoisotopic (exact) mass is 720 g/mol. The third kappa shape index (κ3) is 8.45. The highest BCUT2D eigenvalue weighted by Gasteiger charge is 2.47. The highest BCUT2D eigenvalue weighted by molar-refractivity contribution is 8.17. The number of fused-ring (bicyclic) bond motifs is 1. The number of aromatic amines is 1. The Morgan fingerprint density at radius 3 is 2.46 bits per heavy atom. The van der Waals surface area contributed by atoms with Crippen molar-refractivity contribution >= 4 is 67.6 Å². The Labute approximate surface area is 300 Å². The maximum absolute atomic E-state index is 14.2. The molecule has 50 heavy (non-hydrogen) atoms. The molecule has 1 aromatic carbocycles. The van der Waals surface area contributed by atoms with Crippen molar-refractivity contribution in [2.75, 3.05) is 24.6 Å². The molecule has 4 fully saturated rings. The molecule has 11 nitrogen and oxygen atoms in total. The number of hydrogen-bond acceptors (Lipinski definition) is 7. The average Bonchev–Trinajstić information content (AvgIpc) is 3.87. The lowest BCUT2D eigenvalue weighted by Crippen LogP contribution is -2.51. The molecule has 2 unspecified atom stereocenters. The number of para-hydroxylation sites is 1. The van der Waals surface area contributed by atoms with Gasteiger partial charge in [-0.05, 0) is 86.5 Å². The molecular weight excluding hydrogens is 673 g/mol. The Kier molecular flexibility index (Phi) is 11.7. The van der Waals surface area contributed by atoms with E-state index in [1.165, 1.54) is 6.42 Å². The molecule has 3 aliphatic heterocycles. The van der Waals surface area contributed by atoms with Crippen LogP contribution >= 0.6 is 22.4 Å². The van der Waals surface area contributed by atoms with Crippen LogP contribution in [0.1, 0.15) is 94.5 Å². The van der Waals surface area contributed by atoms with Gasteiger partial charge in [0.15, 0.2) is 0 Å². The van der Waals surface area contributed by atoms with Gasteiger partial charge in [-0.2, -0.15) is 15.7 Å². The first kappa shape index (κ1) is 36.2. The minimum Gasteiger partial charge on any atom is -0.351 e. The minimum absolute atomic E-state index is 0.0135. The molecule has 13 heteroatoms. The molecule has 1 saturated carbocycles. The number of carbonyl (C=O) groups is 5. The third-order valence-corrected chi connectivity index (χ3v) is 14.4. The van der Waals surface area contributed by atoms with Crippen LogP contribution < -0.4 is 15.4 Å². The number of carbonyl (C=O) groups excluding carboxylic acids is 5. The molecule has 3 saturated heterocycles. The number of amides is 4. The molecule has 268 valence electrons. The molecule has 1 aromatic heterocycles. The second-order valence-electron chi connectivity index (χ2n) is 14.4. The molecule has 2 aromatic rings. The van der Waals surface area contributed by atoms with Crippen LogP contribution in [0.3, 0.4) is 0 Å². The number of nitrogens with one attached hydrogen (secondary N) is 4. The predicted octanol–water partition coefficient (Wildman–Crippen LogP) is 4.60. The Balaban J connectivity index is 1.20. The number of hydrogen-bond donors (Lipinski definition) is 4. The van der Waals surface area contributed by atoms with Crippen LogP contribution in [-0.4, -0.2) is 85.6 Å². The number of nitriles is 1. The number of rotatable bonds is 11. The molecule has 6 rings (SSSR count). The number of aromatic nitrogens is 1. The Bertz CT molecular complexity index is 1660.